The number of hydrogen-bond acceptors (Lipinski definition) is 4. The first-order chi connectivity index (χ1) is 10.2. The fraction of sp³-hybridized carbons (Fsp3) is 0.471. The van der Waals surface area contributed by atoms with Crippen LogP contribution in [0.3, 0.4) is 0 Å². The fourth-order valence-corrected chi connectivity index (χ4v) is 2.92. The van der Waals surface area contributed by atoms with E-state index < -0.39 is 0 Å². The number of rotatable bonds is 3. The number of anilines is 1. The second kappa shape index (κ2) is 6.00. The Hall–Kier alpha value is -1.65. The number of nitrogens with two attached hydrogens (primary N) is 1. The average molecular weight is 284 g/mol. The monoisotopic (exact) mass is 284 g/mol. The molecule has 1 fully saturated rings. The van der Waals surface area contributed by atoms with E-state index in [-0.39, 0.29) is 0 Å². The Morgan fingerprint density at radius 1 is 1.14 bits per heavy atom. The van der Waals surface area contributed by atoms with E-state index in [4.69, 9.17) is 10.7 Å². The van der Waals surface area contributed by atoms with Gasteiger partial charge < -0.3 is 15.5 Å². The molecule has 21 heavy (non-hydrogen) atoms. The van der Waals surface area contributed by atoms with E-state index in [0.717, 1.165) is 49.5 Å². The zero-order valence-electron chi connectivity index (χ0n) is 13.0. The minimum Gasteiger partial charge on any atom is -0.354 e. The van der Waals surface area contributed by atoms with E-state index in [0.29, 0.717) is 6.54 Å². The standard InChI is InChI=1S/C17H24N4/c1-3-13-4-5-16-14(10-13)11-15(12-18)17(19-16)21-8-6-20(2)7-9-21/h4-5,10-11H,3,6-9,12,18H2,1-2H3. The Labute approximate surface area is 126 Å². The van der Waals surface area contributed by atoms with Crippen LogP contribution in [0, 0.1) is 0 Å². The Morgan fingerprint density at radius 2 is 1.90 bits per heavy atom. The van der Waals surface area contributed by atoms with Crippen molar-refractivity contribution in [1.82, 2.24) is 9.88 Å². The summed E-state index contributed by atoms with van der Waals surface area (Å²) in [6.45, 7) is 6.93. The van der Waals surface area contributed by atoms with Crippen molar-refractivity contribution in [3.8, 4) is 0 Å². The van der Waals surface area contributed by atoms with Crippen LogP contribution in [0.4, 0.5) is 5.82 Å². The topological polar surface area (TPSA) is 45.4 Å². The van der Waals surface area contributed by atoms with Gasteiger partial charge in [0.2, 0.25) is 0 Å². The SMILES string of the molecule is CCc1ccc2nc(N3CCN(C)CC3)c(CN)cc2c1. The molecule has 2 aromatic rings. The van der Waals surface area contributed by atoms with Crippen molar-refractivity contribution < 1.29 is 0 Å². The summed E-state index contributed by atoms with van der Waals surface area (Å²) in [5, 5.41) is 1.20. The molecule has 2 N–H and O–H groups in total. The first-order valence-corrected chi connectivity index (χ1v) is 7.77. The smallest absolute Gasteiger partial charge is 0.133 e. The van der Waals surface area contributed by atoms with Gasteiger partial charge in [-0.15, -0.1) is 0 Å². The summed E-state index contributed by atoms with van der Waals surface area (Å²) in [7, 11) is 2.17. The maximum absolute atomic E-state index is 5.97. The molecule has 3 rings (SSSR count). The largest absolute Gasteiger partial charge is 0.354 e. The summed E-state index contributed by atoms with van der Waals surface area (Å²) in [6.07, 6.45) is 1.05. The van der Waals surface area contributed by atoms with Crippen LogP contribution in [0.25, 0.3) is 10.9 Å². The van der Waals surface area contributed by atoms with E-state index >= 15 is 0 Å². The highest BCUT2D eigenvalue weighted by atomic mass is 15.3. The van der Waals surface area contributed by atoms with Crippen LogP contribution in [-0.2, 0) is 13.0 Å². The molecule has 1 aromatic carbocycles. The van der Waals surface area contributed by atoms with Gasteiger partial charge in [-0.2, -0.15) is 0 Å². The zero-order chi connectivity index (χ0) is 14.8. The lowest BCUT2D eigenvalue weighted by Crippen LogP contribution is -2.45. The molecule has 0 spiro atoms. The third-order valence-corrected chi connectivity index (χ3v) is 4.37. The highest BCUT2D eigenvalue weighted by Gasteiger charge is 2.18. The van der Waals surface area contributed by atoms with Crippen LogP contribution in [0.2, 0.25) is 0 Å². The van der Waals surface area contributed by atoms with E-state index in [1.54, 1.807) is 0 Å². The normalized spacial score (nSPS) is 16.6. The number of aryl methyl sites for hydroxylation is 1. The van der Waals surface area contributed by atoms with Crippen molar-refractivity contribution in [1.29, 1.82) is 0 Å². The summed E-state index contributed by atoms with van der Waals surface area (Å²) in [4.78, 5) is 9.62. The molecule has 4 nitrogen and oxygen atoms in total. The Bertz CT molecular complexity index is 630. The molecule has 0 aliphatic carbocycles. The molecule has 2 heterocycles. The maximum Gasteiger partial charge on any atom is 0.133 e. The first kappa shape index (κ1) is 14.3. The Balaban J connectivity index is 2.01. The Morgan fingerprint density at radius 3 is 2.57 bits per heavy atom. The molecular weight excluding hydrogens is 260 g/mol. The van der Waals surface area contributed by atoms with E-state index in [1.807, 2.05) is 0 Å². The average Bonchev–Trinajstić information content (AvgIpc) is 2.53. The van der Waals surface area contributed by atoms with Crippen LogP contribution >= 0.6 is 0 Å². The molecule has 0 amide bonds. The number of nitrogens with zero attached hydrogens (tertiary/aromatic N) is 3. The Kier molecular flexibility index (Phi) is 4.08. The van der Waals surface area contributed by atoms with Crippen LogP contribution in [0.15, 0.2) is 24.3 Å². The van der Waals surface area contributed by atoms with E-state index in [1.165, 1.54) is 10.9 Å². The van der Waals surface area contributed by atoms with Gasteiger partial charge in [0.25, 0.3) is 0 Å². The molecule has 0 bridgehead atoms. The molecule has 0 saturated carbocycles. The molecule has 0 radical (unpaired) electrons. The van der Waals surface area contributed by atoms with Crippen molar-refractivity contribution in [3.05, 3.63) is 35.4 Å². The second-order valence-electron chi connectivity index (χ2n) is 5.85. The minimum atomic E-state index is 0.543. The van der Waals surface area contributed by atoms with Gasteiger partial charge in [0.15, 0.2) is 0 Å². The third-order valence-electron chi connectivity index (χ3n) is 4.37. The predicted octanol–water partition coefficient (Wildman–Crippen LogP) is 2.01. The number of benzene rings is 1. The molecule has 1 aliphatic heterocycles. The van der Waals surface area contributed by atoms with Gasteiger partial charge in [-0.25, -0.2) is 4.98 Å². The lowest BCUT2D eigenvalue weighted by molar-refractivity contribution is 0.312. The first-order valence-electron chi connectivity index (χ1n) is 7.77. The van der Waals surface area contributed by atoms with E-state index in [9.17, 15) is 0 Å². The highest BCUT2D eigenvalue weighted by Crippen LogP contribution is 2.25. The molecule has 1 aliphatic rings. The molecule has 112 valence electrons. The van der Waals surface area contributed by atoms with Crippen molar-refractivity contribution in [3.63, 3.8) is 0 Å². The summed E-state index contributed by atoms with van der Waals surface area (Å²) in [5.41, 5.74) is 9.54. The fourth-order valence-electron chi connectivity index (χ4n) is 2.92. The van der Waals surface area contributed by atoms with Gasteiger partial charge in [0, 0.05) is 43.7 Å². The summed E-state index contributed by atoms with van der Waals surface area (Å²) in [5.74, 6) is 1.07. The van der Waals surface area contributed by atoms with Gasteiger partial charge in [-0.3, -0.25) is 0 Å². The number of aromatic nitrogens is 1. The van der Waals surface area contributed by atoms with Gasteiger partial charge >= 0.3 is 0 Å². The summed E-state index contributed by atoms with van der Waals surface area (Å²) in [6, 6.07) is 8.75. The predicted molar refractivity (Wildman–Crippen MR) is 88.7 cm³/mol. The van der Waals surface area contributed by atoms with Gasteiger partial charge in [-0.05, 0) is 37.2 Å². The quantitative estimate of drug-likeness (QED) is 0.936. The number of pyridine rings is 1. The summed E-state index contributed by atoms with van der Waals surface area (Å²) < 4.78 is 0. The molecular formula is C17H24N4. The number of hydrogen-bond donors (Lipinski definition) is 1. The van der Waals surface area contributed by atoms with E-state index in [2.05, 4.69) is 48.0 Å². The van der Waals surface area contributed by atoms with Crippen LogP contribution in [0.5, 0.6) is 0 Å². The van der Waals surface area contributed by atoms with Crippen LogP contribution in [-0.4, -0.2) is 43.1 Å². The number of likely N-dealkylation sites (N-methyl/N-ethyl adjacent to an activating group) is 1. The lowest BCUT2D eigenvalue weighted by Gasteiger charge is -2.34. The maximum atomic E-state index is 5.97. The summed E-state index contributed by atoms with van der Waals surface area (Å²) >= 11 is 0. The minimum absolute atomic E-state index is 0.543. The van der Waals surface area contributed by atoms with Crippen molar-refractivity contribution in [2.24, 2.45) is 5.73 Å². The highest BCUT2D eigenvalue weighted by molar-refractivity contribution is 5.82. The van der Waals surface area contributed by atoms with Crippen LogP contribution < -0.4 is 10.6 Å². The molecule has 1 aromatic heterocycles. The second-order valence-corrected chi connectivity index (χ2v) is 5.85. The lowest BCUT2D eigenvalue weighted by atomic mass is 10.1. The van der Waals surface area contributed by atoms with Gasteiger partial charge in [0.1, 0.15) is 5.82 Å². The van der Waals surface area contributed by atoms with Crippen molar-refractivity contribution >= 4 is 16.7 Å². The van der Waals surface area contributed by atoms with Crippen molar-refractivity contribution in [2.75, 3.05) is 38.1 Å². The molecule has 4 heteroatoms. The molecule has 1 saturated heterocycles. The zero-order valence-corrected chi connectivity index (χ0v) is 13.0. The van der Waals surface area contributed by atoms with Gasteiger partial charge in [-0.1, -0.05) is 13.0 Å². The number of fused-ring (bicyclic) bond motifs is 1. The van der Waals surface area contributed by atoms with Gasteiger partial charge in [0.05, 0.1) is 5.52 Å². The van der Waals surface area contributed by atoms with Crippen molar-refractivity contribution in [2.45, 2.75) is 19.9 Å². The number of piperazine rings is 1. The third kappa shape index (κ3) is 2.87. The molecule has 0 unspecified atom stereocenters. The molecule has 0 atom stereocenters. The van der Waals surface area contributed by atoms with Crippen LogP contribution in [0.1, 0.15) is 18.1 Å².